The van der Waals surface area contributed by atoms with Crippen LogP contribution in [0.1, 0.15) is 11.4 Å². The Labute approximate surface area is 120 Å². The molecule has 2 rings (SSSR count). The fourth-order valence-corrected chi connectivity index (χ4v) is 1.95. The second kappa shape index (κ2) is 8.40. The van der Waals surface area contributed by atoms with Crippen LogP contribution in [0, 0.1) is 0 Å². The molecule has 0 amide bonds. The molecule has 0 aliphatic heterocycles. The largest absolute Gasteiger partial charge is 0.310 e. The fourth-order valence-electron chi connectivity index (χ4n) is 1.95. The van der Waals surface area contributed by atoms with Crippen LogP contribution in [0.2, 0.25) is 0 Å². The highest BCUT2D eigenvalue weighted by Gasteiger charge is 2.00. The Bertz CT molecular complexity index is 472. The minimum absolute atomic E-state index is 0.828. The van der Waals surface area contributed by atoms with Crippen LogP contribution < -0.4 is 5.32 Å². The van der Waals surface area contributed by atoms with E-state index in [2.05, 4.69) is 33.3 Å². The van der Waals surface area contributed by atoms with Gasteiger partial charge in [0.25, 0.3) is 0 Å². The Kier molecular flexibility index (Phi) is 6.14. The van der Waals surface area contributed by atoms with Gasteiger partial charge in [-0.1, -0.05) is 12.1 Å². The predicted molar refractivity (Wildman–Crippen MR) is 81.4 cm³/mol. The Hall–Kier alpha value is -1.78. The smallest absolute Gasteiger partial charge is 0.0541 e. The fraction of sp³-hybridized carbons (Fsp3) is 0.375. The van der Waals surface area contributed by atoms with Gasteiger partial charge in [0.2, 0.25) is 0 Å². The third-order valence-electron chi connectivity index (χ3n) is 3.18. The van der Waals surface area contributed by atoms with Gasteiger partial charge in [-0.15, -0.1) is 0 Å². The summed E-state index contributed by atoms with van der Waals surface area (Å²) in [7, 11) is 2.14. The van der Waals surface area contributed by atoms with Crippen LogP contribution >= 0.6 is 0 Å². The van der Waals surface area contributed by atoms with Crippen LogP contribution in [0.5, 0.6) is 0 Å². The third kappa shape index (κ3) is 5.47. The molecular formula is C16H22N4. The molecule has 20 heavy (non-hydrogen) atoms. The van der Waals surface area contributed by atoms with Gasteiger partial charge in [-0.2, -0.15) is 0 Å². The summed E-state index contributed by atoms with van der Waals surface area (Å²) < 4.78 is 0. The van der Waals surface area contributed by atoms with Gasteiger partial charge < -0.3 is 10.2 Å². The summed E-state index contributed by atoms with van der Waals surface area (Å²) in [6.07, 6.45) is 4.68. The lowest BCUT2D eigenvalue weighted by Crippen LogP contribution is -2.30. The monoisotopic (exact) mass is 270 g/mol. The lowest BCUT2D eigenvalue weighted by atomic mass is 10.2. The van der Waals surface area contributed by atoms with Crippen molar-refractivity contribution in [3.05, 3.63) is 60.2 Å². The van der Waals surface area contributed by atoms with Crippen LogP contribution in [0.3, 0.4) is 0 Å². The second-order valence-electron chi connectivity index (χ2n) is 4.87. The highest BCUT2D eigenvalue weighted by molar-refractivity contribution is 5.04. The summed E-state index contributed by atoms with van der Waals surface area (Å²) in [5.41, 5.74) is 2.24. The summed E-state index contributed by atoms with van der Waals surface area (Å²) in [5, 5.41) is 3.41. The first-order chi connectivity index (χ1) is 9.84. The van der Waals surface area contributed by atoms with Crippen LogP contribution in [-0.2, 0) is 13.0 Å². The summed E-state index contributed by atoms with van der Waals surface area (Å²) in [5.74, 6) is 0. The molecule has 0 unspecified atom stereocenters. The Morgan fingerprint density at radius 2 is 1.65 bits per heavy atom. The van der Waals surface area contributed by atoms with Gasteiger partial charge >= 0.3 is 0 Å². The zero-order valence-corrected chi connectivity index (χ0v) is 12.0. The Balaban J connectivity index is 1.57. The molecule has 4 nitrogen and oxygen atoms in total. The van der Waals surface area contributed by atoms with Crippen molar-refractivity contribution < 1.29 is 0 Å². The lowest BCUT2D eigenvalue weighted by molar-refractivity contribution is 0.334. The van der Waals surface area contributed by atoms with Crippen molar-refractivity contribution in [2.45, 2.75) is 13.0 Å². The number of rotatable bonds is 8. The van der Waals surface area contributed by atoms with Crippen LogP contribution in [0.25, 0.3) is 0 Å². The SMILES string of the molecule is CN(CCNCc1ccccn1)CCc1ccccn1. The van der Waals surface area contributed by atoms with Crippen molar-refractivity contribution in [3.63, 3.8) is 0 Å². The van der Waals surface area contributed by atoms with Crippen molar-refractivity contribution in [1.82, 2.24) is 20.2 Å². The van der Waals surface area contributed by atoms with E-state index in [9.17, 15) is 0 Å². The standard InChI is InChI=1S/C16H22N4/c1-20(12-8-15-6-2-4-9-18-15)13-11-17-14-16-7-3-5-10-19-16/h2-7,9-10,17H,8,11-14H2,1H3. The number of hydrogen-bond donors (Lipinski definition) is 1. The van der Waals surface area contributed by atoms with Crippen molar-refractivity contribution >= 4 is 0 Å². The number of aromatic nitrogens is 2. The lowest BCUT2D eigenvalue weighted by Gasteiger charge is -2.16. The van der Waals surface area contributed by atoms with Gasteiger partial charge in [0.1, 0.15) is 0 Å². The maximum Gasteiger partial charge on any atom is 0.0541 e. The van der Waals surface area contributed by atoms with E-state index in [0.29, 0.717) is 0 Å². The number of nitrogens with zero attached hydrogens (tertiary/aromatic N) is 3. The topological polar surface area (TPSA) is 41.0 Å². The molecule has 0 aromatic carbocycles. The minimum Gasteiger partial charge on any atom is -0.310 e. The number of nitrogens with one attached hydrogen (secondary N) is 1. The van der Waals surface area contributed by atoms with Crippen molar-refractivity contribution in [2.24, 2.45) is 0 Å². The second-order valence-corrected chi connectivity index (χ2v) is 4.87. The van der Waals surface area contributed by atoms with E-state index < -0.39 is 0 Å². The molecule has 4 heteroatoms. The maximum atomic E-state index is 4.34. The van der Waals surface area contributed by atoms with Gasteiger partial charge in [-0.25, -0.2) is 0 Å². The molecule has 106 valence electrons. The molecule has 0 spiro atoms. The molecule has 0 radical (unpaired) electrons. The molecule has 2 aromatic rings. The first-order valence-electron chi connectivity index (χ1n) is 7.03. The number of hydrogen-bond acceptors (Lipinski definition) is 4. The number of likely N-dealkylation sites (N-methyl/N-ethyl adjacent to an activating group) is 1. The van der Waals surface area contributed by atoms with E-state index in [1.165, 1.54) is 0 Å². The molecule has 2 heterocycles. The van der Waals surface area contributed by atoms with Crippen LogP contribution in [-0.4, -0.2) is 41.5 Å². The Morgan fingerprint density at radius 3 is 2.30 bits per heavy atom. The van der Waals surface area contributed by atoms with E-state index in [1.54, 1.807) is 0 Å². The Morgan fingerprint density at radius 1 is 0.950 bits per heavy atom. The van der Waals surface area contributed by atoms with E-state index in [4.69, 9.17) is 0 Å². The molecule has 1 N–H and O–H groups in total. The highest BCUT2D eigenvalue weighted by atomic mass is 15.1. The summed E-state index contributed by atoms with van der Waals surface area (Å²) in [6, 6.07) is 12.1. The van der Waals surface area contributed by atoms with Gasteiger partial charge in [0.15, 0.2) is 0 Å². The average molecular weight is 270 g/mol. The van der Waals surface area contributed by atoms with Crippen molar-refractivity contribution in [1.29, 1.82) is 0 Å². The van der Waals surface area contributed by atoms with Crippen molar-refractivity contribution in [2.75, 3.05) is 26.7 Å². The van der Waals surface area contributed by atoms with Crippen LogP contribution in [0.15, 0.2) is 48.8 Å². The quantitative estimate of drug-likeness (QED) is 0.742. The normalized spacial score (nSPS) is 10.9. The van der Waals surface area contributed by atoms with Gasteiger partial charge in [-0.3, -0.25) is 9.97 Å². The van der Waals surface area contributed by atoms with E-state index in [1.807, 2.05) is 42.7 Å². The number of pyridine rings is 2. The predicted octanol–water partition coefficient (Wildman–Crippen LogP) is 1.74. The molecular weight excluding hydrogens is 248 g/mol. The molecule has 0 saturated heterocycles. The van der Waals surface area contributed by atoms with E-state index >= 15 is 0 Å². The van der Waals surface area contributed by atoms with Gasteiger partial charge in [-0.05, 0) is 31.3 Å². The van der Waals surface area contributed by atoms with Gasteiger partial charge in [0.05, 0.1) is 5.69 Å². The molecule has 0 aliphatic rings. The highest BCUT2D eigenvalue weighted by Crippen LogP contribution is 1.96. The first kappa shape index (κ1) is 14.6. The summed E-state index contributed by atoms with van der Waals surface area (Å²) in [4.78, 5) is 10.9. The average Bonchev–Trinajstić information content (AvgIpc) is 2.52. The zero-order valence-electron chi connectivity index (χ0n) is 12.0. The maximum absolute atomic E-state index is 4.34. The van der Waals surface area contributed by atoms with Crippen LogP contribution in [0.4, 0.5) is 0 Å². The molecule has 0 atom stereocenters. The molecule has 0 aliphatic carbocycles. The molecule has 2 aromatic heterocycles. The molecule has 0 saturated carbocycles. The summed E-state index contributed by atoms with van der Waals surface area (Å²) in [6.45, 7) is 3.85. The van der Waals surface area contributed by atoms with Gasteiger partial charge in [0, 0.05) is 50.7 Å². The minimum atomic E-state index is 0.828. The van der Waals surface area contributed by atoms with E-state index in [0.717, 1.165) is 44.0 Å². The van der Waals surface area contributed by atoms with E-state index in [-0.39, 0.29) is 0 Å². The molecule has 0 fully saturated rings. The zero-order chi connectivity index (χ0) is 14.0. The third-order valence-corrected chi connectivity index (χ3v) is 3.18. The first-order valence-corrected chi connectivity index (χ1v) is 7.03. The molecule has 0 bridgehead atoms. The summed E-state index contributed by atoms with van der Waals surface area (Å²) >= 11 is 0. The van der Waals surface area contributed by atoms with Crippen molar-refractivity contribution in [3.8, 4) is 0 Å².